The van der Waals surface area contributed by atoms with Gasteiger partial charge in [0.15, 0.2) is 5.78 Å². The van der Waals surface area contributed by atoms with Crippen molar-refractivity contribution in [2.24, 2.45) is 0 Å². The Morgan fingerprint density at radius 2 is 1.86 bits per heavy atom. The molecule has 0 radical (unpaired) electrons. The number of fused-ring (bicyclic) bond motifs is 1. The summed E-state index contributed by atoms with van der Waals surface area (Å²) in [5.74, 6) is -0.480. The number of ether oxygens (including phenoxy) is 1. The minimum atomic E-state index is -4.87. The zero-order chi connectivity index (χ0) is 26.3. The number of pyridine rings is 1. The summed E-state index contributed by atoms with van der Waals surface area (Å²) in [6, 6.07) is 11.1. The highest BCUT2D eigenvalue weighted by Gasteiger charge is 2.55. The highest BCUT2D eigenvalue weighted by molar-refractivity contribution is 6.01. The van der Waals surface area contributed by atoms with Crippen LogP contribution in [0.3, 0.4) is 0 Å². The maximum atomic E-state index is 14.9. The molecular formula is C26H23F4N3O3. The number of hydrogen-bond acceptors (Lipinski definition) is 5. The van der Waals surface area contributed by atoms with Crippen LogP contribution in [0.5, 0.6) is 5.75 Å². The van der Waals surface area contributed by atoms with Crippen molar-refractivity contribution in [3.8, 4) is 16.9 Å². The fourth-order valence-corrected chi connectivity index (χ4v) is 4.01. The zero-order valence-electron chi connectivity index (χ0n) is 19.7. The van der Waals surface area contributed by atoms with E-state index in [1.165, 1.54) is 44.0 Å². The van der Waals surface area contributed by atoms with Crippen LogP contribution >= 0.6 is 0 Å². The number of benzene rings is 2. The molecule has 1 unspecified atom stereocenters. The molecule has 4 rings (SSSR count). The van der Waals surface area contributed by atoms with E-state index >= 15 is 0 Å². The van der Waals surface area contributed by atoms with E-state index in [0.29, 0.717) is 27.8 Å². The number of aliphatic hydroxyl groups is 1. The minimum Gasteiger partial charge on any atom is -0.497 e. The zero-order valence-corrected chi connectivity index (χ0v) is 19.7. The number of alkyl halides is 3. The molecule has 0 aliphatic carbocycles. The lowest BCUT2D eigenvalue weighted by atomic mass is 9.96. The number of carbonyl (C=O) groups excluding carboxylic acids is 1. The first kappa shape index (κ1) is 25.3. The van der Waals surface area contributed by atoms with Crippen molar-refractivity contribution in [1.82, 2.24) is 14.5 Å². The summed E-state index contributed by atoms with van der Waals surface area (Å²) in [6.45, 7) is 2.73. The molecule has 1 atom stereocenters. The summed E-state index contributed by atoms with van der Waals surface area (Å²) in [5.41, 5.74) is -1.57. The smallest absolute Gasteiger partial charge is 0.423 e. The Morgan fingerprint density at radius 3 is 2.47 bits per heavy atom. The molecule has 0 fully saturated rings. The van der Waals surface area contributed by atoms with Gasteiger partial charge in [0.25, 0.3) is 0 Å². The van der Waals surface area contributed by atoms with E-state index in [1.807, 2.05) is 0 Å². The quantitative estimate of drug-likeness (QED) is 0.261. The Morgan fingerprint density at radius 1 is 1.11 bits per heavy atom. The monoisotopic (exact) mass is 501 g/mol. The van der Waals surface area contributed by atoms with E-state index in [-0.39, 0.29) is 23.6 Å². The number of ketones is 1. The van der Waals surface area contributed by atoms with Crippen LogP contribution in [-0.4, -0.2) is 38.7 Å². The second kappa shape index (κ2) is 9.34. The van der Waals surface area contributed by atoms with Crippen molar-refractivity contribution >= 4 is 16.7 Å². The summed E-state index contributed by atoms with van der Waals surface area (Å²) in [7, 11) is 1.43. The molecule has 10 heteroatoms. The standard InChI is InChI=1S/C26H23F4N3O3/c1-4-25(35,26(28,29)30)24-13-33(14-31-24)12-16-5-7-19-20(11-22(15(2)34)32-23(19)9-16)18-8-6-17(36-3)10-21(18)27/h5-11,13-14,35H,4,12H2,1-3H3. The molecule has 1 N–H and O–H groups in total. The molecule has 2 aromatic heterocycles. The van der Waals surface area contributed by atoms with Crippen LogP contribution in [0.4, 0.5) is 17.6 Å². The first-order valence-corrected chi connectivity index (χ1v) is 11.1. The van der Waals surface area contributed by atoms with E-state index in [4.69, 9.17) is 4.74 Å². The number of Topliss-reactive ketones (excluding diaryl/α,β-unsaturated/α-hetero) is 1. The molecule has 0 amide bonds. The number of imidazole rings is 1. The van der Waals surface area contributed by atoms with Gasteiger partial charge < -0.3 is 14.4 Å². The van der Waals surface area contributed by atoms with Gasteiger partial charge in [-0.05, 0) is 41.8 Å². The molecule has 0 bridgehead atoms. The Labute approximate surface area is 204 Å². The first-order chi connectivity index (χ1) is 17.0. The molecule has 2 aromatic carbocycles. The van der Waals surface area contributed by atoms with Crippen LogP contribution in [0, 0.1) is 5.82 Å². The third-order valence-electron chi connectivity index (χ3n) is 6.10. The molecule has 0 aliphatic heterocycles. The lowest BCUT2D eigenvalue weighted by Gasteiger charge is -2.27. The van der Waals surface area contributed by atoms with Crippen molar-refractivity contribution in [2.45, 2.75) is 38.6 Å². The predicted molar refractivity (Wildman–Crippen MR) is 125 cm³/mol. The van der Waals surface area contributed by atoms with Gasteiger partial charge in [-0.1, -0.05) is 19.1 Å². The predicted octanol–water partition coefficient (Wildman–Crippen LogP) is 5.66. The number of nitrogens with zero attached hydrogens (tertiary/aromatic N) is 3. The maximum absolute atomic E-state index is 14.9. The van der Waals surface area contributed by atoms with Gasteiger partial charge in [-0.25, -0.2) is 14.4 Å². The fourth-order valence-electron chi connectivity index (χ4n) is 4.01. The number of hydrogen-bond donors (Lipinski definition) is 1. The van der Waals surface area contributed by atoms with Gasteiger partial charge >= 0.3 is 6.18 Å². The number of aromatic nitrogens is 3. The van der Waals surface area contributed by atoms with Crippen molar-refractivity contribution in [3.63, 3.8) is 0 Å². The Kier molecular flexibility index (Phi) is 6.57. The normalized spacial score (nSPS) is 13.6. The molecule has 0 aliphatic rings. The summed E-state index contributed by atoms with van der Waals surface area (Å²) in [4.78, 5) is 20.3. The largest absolute Gasteiger partial charge is 0.497 e. The average molecular weight is 501 g/mol. The number of halogens is 4. The van der Waals surface area contributed by atoms with Crippen LogP contribution in [-0.2, 0) is 12.1 Å². The Balaban J connectivity index is 1.75. The van der Waals surface area contributed by atoms with Gasteiger partial charge in [0, 0.05) is 36.7 Å². The molecule has 36 heavy (non-hydrogen) atoms. The molecule has 188 valence electrons. The van der Waals surface area contributed by atoms with Crippen molar-refractivity contribution in [2.75, 3.05) is 7.11 Å². The van der Waals surface area contributed by atoms with Gasteiger partial charge in [0.1, 0.15) is 17.3 Å². The molecule has 0 saturated heterocycles. The third kappa shape index (κ3) is 4.56. The highest BCUT2D eigenvalue weighted by atomic mass is 19.4. The minimum absolute atomic E-state index is 0.138. The van der Waals surface area contributed by atoms with E-state index in [9.17, 15) is 27.5 Å². The van der Waals surface area contributed by atoms with E-state index in [1.54, 1.807) is 30.3 Å². The fraction of sp³-hybridized carbons (Fsp3) is 0.269. The van der Waals surface area contributed by atoms with Gasteiger partial charge in [-0.2, -0.15) is 13.2 Å². The topological polar surface area (TPSA) is 77.2 Å². The van der Waals surface area contributed by atoms with Gasteiger partial charge in [0.2, 0.25) is 5.60 Å². The van der Waals surface area contributed by atoms with Crippen LogP contribution < -0.4 is 4.74 Å². The lowest BCUT2D eigenvalue weighted by molar-refractivity contribution is -0.269. The van der Waals surface area contributed by atoms with Crippen molar-refractivity contribution in [3.05, 3.63) is 77.8 Å². The second-order valence-corrected chi connectivity index (χ2v) is 8.45. The van der Waals surface area contributed by atoms with E-state index in [0.717, 1.165) is 6.20 Å². The second-order valence-electron chi connectivity index (χ2n) is 8.45. The van der Waals surface area contributed by atoms with Crippen LogP contribution in [0.1, 0.15) is 42.0 Å². The van der Waals surface area contributed by atoms with Gasteiger partial charge in [0.05, 0.1) is 24.6 Å². The van der Waals surface area contributed by atoms with Crippen molar-refractivity contribution < 1.29 is 32.2 Å². The first-order valence-electron chi connectivity index (χ1n) is 11.1. The maximum Gasteiger partial charge on any atom is 0.423 e. The Bertz CT molecular complexity index is 1450. The number of rotatable bonds is 7. The number of methoxy groups -OCH3 is 1. The average Bonchev–Trinajstić information content (AvgIpc) is 3.30. The lowest BCUT2D eigenvalue weighted by Crippen LogP contribution is -2.42. The third-order valence-corrected chi connectivity index (χ3v) is 6.10. The molecule has 4 aromatic rings. The van der Waals surface area contributed by atoms with Crippen molar-refractivity contribution in [1.29, 1.82) is 0 Å². The van der Waals surface area contributed by atoms with Gasteiger partial charge in [-0.3, -0.25) is 4.79 Å². The molecule has 6 nitrogen and oxygen atoms in total. The summed E-state index contributed by atoms with van der Waals surface area (Å²) in [6.07, 6.45) is -3.09. The number of carbonyl (C=O) groups is 1. The van der Waals surface area contributed by atoms with E-state index in [2.05, 4.69) is 9.97 Å². The van der Waals surface area contributed by atoms with E-state index < -0.39 is 29.7 Å². The Hall–Kier alpha value is -3.79. The molecular weight excluding hydrogens is 478 g/mol. The SMILES string of the molecule is CCC(O)(c1cn(Cc2ccc3c(-c4ccc(OC)cc4F)cc(C(C)=O)nc3c2)cn1)C(F)(F)F. The molecule has 0 spiro atoms. The van der Waals surface area contributed by atoms with Crippen LogP contribution in [0.15, 0.2) is 55.0 Å². The van der Waals surface area contributed by atoms with Crippen LogP contribution in [0.25, 0.3) is 22.0 Å². The summed E-state index contributed by atoms with van der Waals surface area (Å²) in [5, 5.41) is 10.7. The summed E-state index contributed by atoms with van der Waals surface area (Å²) < 4.78 is 61.5. The van der Waals surface area contributed by atoms with Crippen LogP contribution in [0.2, 0.25) is 0 Å². The molecule has 0 saturated carbocycles. The van der Waals surface area contributed by atoms with Gasteiger partial charge in [-0.15, -0.1) is 0 Å². The molecule has 2 heterocycles. The highest BCUT2D eigenvalue weighted by Crippen LogP contribution is 2.40. The summed E-state index contributed by atoms with van der Waals surface area (Å²) >= 11 is 0.